The van der Waals surface area contributed by atoms with Crippen LogP contribution in [-0.4, -0.2) is 0 Å². The van der Waals surface area contributed by atoms with Crippen molar-refractivity contribution in [3.8, 4) is 56.4 Å². The van der Waals surface area contributed by atoms with Gasteiger partial charge in [0.15, 0.2) is 0 Å². The molecule has 0 bridgehead atoms. The van der Waals surface area contributed by atoms with E-state index >= 15 is 0 Å². The number of rotatable bonds is 3. The molecule has 0 amide bonds. The molecule has 12 aromatic carbocycles. The average molecular weight is 1020 g/mol. The summed E-state index contributed by atoms with van der Waals surface area (Å²) in [7, 11) is 0. The zero-order chi connectivity index (χ0) is 51.6. The van der Waals surface area contributed by atoms with Gasteiger partial charge in [-0.1, -0.05) is 218 Å². The molecule has 79 heavy (non-hydrogen) atoms. The zero-order valence-corrected chi connectivity index (χ0v) is 43.5. The van der Waals surface area contributed by atoms with Gasteiger partial charge in [0.1, 0.15) is 23.0 Å². The first kappa shape index (κ1) is 43.5. The first-order chi connectivity index (χ1) is 39.2. The van der Waals surface area contributed by atoms with Gasteiger partial charge in [-0.15, -0.1) is 0 Å². The monoisotopic (exact) mass is 1020 g/mol. The van der Waals surface area contributed by atoms with Gasteiger partial charge in [0.2, 0.25) is 0 Å². The summed E-state index contributed by atoms with van der Waals surface area (Å²) < 4.78 is 13.7. The van der Waals surface area contributed by atoms with Gasteiger partial charge in [-0.3, -0.25) is 0 Å². The molecule has 4 heteroatoms. The van der Waals surface area contributed by atoms with Gasteiger partial charge in [0.25, 0.3) is 0 Å². The summed E-state index contributed by atoms with van der Waals surface area (Å²) in [5.41, 5.74) is 23.6. The summed E-state index contributed by atoms with van der Waals surface area (Å²) >= 11 is 1.88. The Kier molecular flexibility index (Phi) is 8.67. The average Bonchev–Trinajstić information content (AvgIpc) is 3.51. The highest BCUT2D eigenvalue weighted by atomic mass is 32.2. The fourth-order valence-electron chi connectivity index (χ4n) is 15.5. The van der Waals surface area contributed by atoms with Gasteiger partial charge in [-0.25, -0.2) is 0 Å². The van der Waals surface area contributed by atoms with Crippen LogP contribution in [-0.2, 0) is 16.2 Å². The molecule has 0 unspecified atom stereocenters. The van der Waals surface area contributed by atoms with E-state index in [1.54, 1.807) is 0 Å². The minimum Gasteiger partial charge on any atom is -0.457 e. The van der Waals surface area contributed by atoms with Crippen molar-refractivity contribution in [1.29, 1.82) is 0 Å². The van der Waals surface area contributed by atoms with Crippen molar-refractivity contribution < 1.29 is 9.47 Å². The van der Waals surface area contributed by atoms with Crippen LogP contribution in [0.5, 0.6) is 23.0 Å². The molecule has 6 aliphatic rings. The van der Waals surface area contributed by atoms with Crippen LogP contribution in [0.3, 0.4) is 0 Å². The Bertz CT molecular complexity index is 4510. The molecule has 3 aliphatic carbocycles. The lowest BCUT2D eigenvalue weighted by molar-refractivity contribution is 0.436. The molecule has 3 spiro atoms. The molecule has 3 nitrogen and oxygen atoms in total. The predicted octanol–water partition coefficient (Wildman–Crippen LogP) is 18.9. The molecular formula is C75H45NO2S. The number of benzene rings is 12. The molecule has 0 aromatic heterocycles. The minimum atomic E-state index is -0.660. The third-order valence-electron chi connectivity index (χ3n) is 18.3. The Balaban J connectivity index is 0.950. The van der Waals surface area contributed by atoms with Crippen LogP contribution >= 0.6 is 11.8 Å². The van der Waals surface area contributed by atoms with Crippen LogP contribution in [0.15, 0.2) is 283 Å². The standard InChI is InChI=1S/C75H45NO2S/c1-4-23-53-48(20-1)50-42-40-47(45-64(50)75(53)59-28-9-15-36-68(59)78-69-37-16-10-29-60(69)75)76(46-41-43-56-52(44-46)49-21-2-5-24-54(49)73(56)61-30-11-17-38-70(61)79-71-39-18-12-31-62(71)73)65-33-19-32-63-72(65)51-22-3-6-25-55(51)74(63)57-26-7-13-34-66(57)77-67-35-14-8-27-58(67)74/h1-45H. The molecule has 3 aliphatic heterocycles. The van der Waals surface area contributed by atoms with Crippen molar-refractivity contribution in [2.75, 3.05) is 4.90 Å². The first-order valence-corrected chi connectivity index (χ1v) is 28.1. The van der Waals surface area contributed by atoms with Crippen LogP contribution in [0.1, 0.15) is 66.8 Å². The van der Waals surface area contributed by atoms with E-state index in [0.717, 1.165) is 62.3 Å². The van der Waals surface area contributed by atoms with Gasteiger partial charge >= 0.3 is 0 Å². The van der Waals surface area contributed by atoms with Crippen molar-refractivity contribution in [3.63, 3.8) is 0 Å². The van der Waals surface area contributed by atoms with Gasteiger partial charge in [-0.2, -0.15) is 0 Å². The molecular weight excluding hydrogens is 979 g/mol. The minimum absolute atomic E-state index is 0.508. The van der Waals surface area contributed by atoms with Crippen molar-refractivity contribution in [1.82, 2.24) is 0 Å². The van der Waals surface area contributed by atoms with Crippen molar-refractivity contribution in [3.05, 3.63) is 340 Å². The molecule has 0 radical (unpaired) electrons. The Hall–Kier alpha value is -9.61. The van der Waals surface area contributed by atoms with Crippen LogP contribution in [0.4, 0.5) is 17.1 Å². The lowest BCUT2D eigenvalue weighted by atomic mass is 9.66. The number of para-hydroxylation sites is 4. The van der Waals surface area contributed by atoms with E-state index in [1.165, 1.54) is 87.7 Å². The van der Waals surface area contributed by atoms with Crippen LogP contribution in [0.2, 0.25) is 0 Å². The Morgan fingerprint density at radius 3 is 1.18 bits per heavy atom. The number of hydrogen-bond donors (Lipinski definition) is 0. The van der Waals surface area contributed by atoms with Crippen LogP contribution in [0.25, 0.3) is 33.4 Å². The second-order valence-electron chi connectivity index (χ2n) is 21.7. The van der Waals surface area contributed by atoms with Crippen LogP contribution in [0, 0.1) is 0 Å². The second-order valence-corrected chi connectivity index (χ2v) is 22.7. The number of ether oxygens (including phenoxy) is 2. The van der Waals surface area contributed by atoms with Gasteiger partial charge in [-0.05, 0) is 139 Å². The highest BCUT2D eigenvalue weighted by Crippen LogP contribution is 2.67. The topological polar surface area (TPSA) is 21.7 Å². The molecule has 0 N–H and O–H groups in total. The van der Waals surface area contributed by atoms with Gasteiger partial charge in [0.05, 0.1) is 21.9 Å². The molecule has 12 aromatic rings. The molecule has 0 atom stereocenters. The molecule has 0 saturated carbocycles. The molecule has 0 saturated heterocycles. The van der Waals surface area contributed by atoms with Crippen molar-refractivity contribution in [2.45, 2.75) is 26.0 Å². The van der Waals surface area contributed by atoms with E-state index in [-0.39, 0.29) is 0 Å². The van der Waals surface area contributed by atoms with E-state index in [9.17, 15) is 0 Å². The van der Waals surface area contributed by atoms with E-state index in [0.29, 0.717) is 0 Å². The summed E-state index contributed by atoms with van der Waals surface area (Å²) in [5, 5.41) is 0. The van der Waals surface area contributed by atoms with E-state index in [1.807, 2.05) is 11.8 Å². The fourth-order valence-corrected chi connectivity index (χ4v) is 16.7. The summed E-state index contributed by atoms with van der Waals surface area (Å²) in [4.78, 5) is 5.16. The predicted molar refractivity (Wildman–Crippen MR) is 317 cm³/mol. The highest BCUT2D eigenvalue weighted by molar-refractivity contribution is 7.99. The third-order valence-corrected chi connectivity index (χ3v) is 19.4. The van der Waals surface area contributed by atoms with Gasteiger partial charge < -0.3 is 14.4 Å². The zero-order valence-electron chi connectivity index (χ0n) is 42.7. The molecule has 368 valence electrons. The van der Waals surface area contributed by atoms with E-state index < -0.39 is 16.2 Å². The van der Waals surface area contributed by atoms with Crippen molar-refractivity contribution >= 4 is 28.8 Å². The second kappa shape index (κ2) is 15.8. The number of anilines is 3. The molecule has 18 rings (SSSR count). The SMILES string of the molecule is c1ccc2c(c1)Oc1ccccc1C21c2ccccc2-c2ccc(N(c3ccc4c(c3)-c3ccccc3C43c4ccccc4Sc4ccccc43)c3cccc4c3-c3ccccc3C43c4ccccc4Oc4ccccc43)cc21. The largest absolute Gasteiger partial charge is 0.457 e. The summed E-state index contributed by atoms with van der Waals surface area (Å²) in [6.45, 7) is 0. The maximum absolute atomic E-state index is 6.84. The Labute approximate surface area is 462 Å². The smallest absolute Gasteiger partial charge is 0.132 e. The third kappa shape index (κ3) is 5.35. The molecule has 0 fully saturated rings. The fraction of sp³-hybridized carbons (Fsp3) is 0.0400. The quantitative estimate of drug-likeness (QED) is 0.176. The summed E-state index contributed by atoms with van der Waals surface area (Å²) in [6.07, 6.45) is 0. The summed E-state index contributed by atoms with van der Waals surface area (Å²) in [6, 6.07) is 102. The van der Waals surface area contributed by atoms with Gasteiger partial charge in [0, 0.05) is 49.0 Å². The lowest BCUT2D eigenvalue weighted by Crippen LogP contribution is -2.32. The number of nitrogens with zero attached hydrogens (tertiary/aromatic N) is 1. The Morgan fingerprint density at radius 1 is 0.253 bits per heavy atom. The maximum atomic E-state index is 6.84. The normalized spacial score (nSPS) is 15.3. The lowest BCUT2D eigenvalue weighted by Gasteiger charge is -2.40. The van der Waals surface area contributed by atoms with Crippen molar-refractivity contribution in [2.24, 2.45) is 0 Å². The number of hydrogen-bond acceptors (Lipinski definition) is 4. The molecule has 3 heterocycles. The van der Waals surface area contributed by atoms with E-state index in [2.05, 4.69) is 278 Å². The maximum Gasteiger partial charge on any atom is 0.132 e. The summed E-state index contributed by atoms with van der Waals surface area (Å²) in [5.74, 6) is 3.51. The first-order valence-electron chi connectivity index (χ1n) is 27.3. The Morgan fingerprint density at radius 2 is 0.620 bits per heavy atom. The highest BCUT2D eigenvalue weighted by Gasteiger charge is 2.55. The van der Waals surface area contributed by atoms with Crippen LogP contribution < -0.4 is 14.4 Å². The van der Waals surface area contributed by atoms with E-state index in [4.69, 9.17) is 9.47 Å². The number of fused-ring (bicyclic) bond motifs is 27.